The Morgan fingerprint density at radius 2 is 2.04 bits per heavy atom. The number of carbonyl (C=O) groups excluding carboxylic acids is 2. The molecule has 0 radical (unpaired) electrons. The van der Waals surface area contributed by atoms with Crippen LogP contribution in [0.2, 0.25) is 0 Å². The van der Waals surface area contributed by atoms with E-state index in [2.05, 4.69) is 15.3 Å². The Morgan fingerprint density at radius 3 is 2.78 bits per heavy atom. The summed E-state index contributed by atoms with van der Waals surface area (Å²) in [6, 6.07) is 13.1. The molecule has 0 bridgehead atoms. The van der Waals surface area contributed by atoms with Crippen LogP contribution in [0.1, 0.15) is 28.7 Å². The van der Waals surface area contributed by atoms with Gasteiger partial charge in [-0.15, -0.1) is 11.8 Å². The summed E-state index contributed by atoms with van der Waals surface area (Å²) in [6.45, 7) is 1.89. The summed E-state index contributed by atoms with van der Waals surface area (Å²) in [5.41, 5.74) is 3.38. The number of hydrogen-bond acceptors (Lipinski definition) is 5. The van der Waals surface area contributed by atoms with E-state index in [0.717, 1.165) is 28.2 Å². The van der Waals surface area contributed by atoms with Crippen molar-refractivity contribution in [3.8, 4) is 5.75 Å². The summed E-state index contributed by atoms with van der Waals surface area (Å²) < 4.78 is 5.33. The van der Waals surface area contributed by atoms with E-state index < -0.39 is 0 Å². The number of rotatable bonds is 8. The van der Waals surface area contributed by atoms with E-state index in [1.807, 2.05) is 30.3 Å². The second-order valence-corrected chi connectivity index (χ2v) is 7.04. The van der Waals surface area contributed by atoms with E-state index in [1.54, 1.807) is 19.2 Å². The van der Waals surface area contributed by atoms with E-state index in [4.69, 9.17) is 4.74 Å². The molecule has 140 valence electrons. The van der Waals surface area contributed by atoms with Gasteiger partial charge in [0.15, 0.2) is 5.78 Å². The molecule has 0 fully saturated rings. The molecule has 3 rings (SSSR count). The maximum atomic E-state index is 12.1. The number of hydrogen-bond donors (Lipinski definition) is 2. The molecule has 0 atom stereocenters. The Kier molecular flexibility index (Phi) is 6.13. The minimum Gasteiger partial charge on any atom is -0.496 e. The molecule has 0 unspecified atom stereocenters. The number of ketones is 1. The molecule has 1 aromatic heterocycles. The summed E-state index contributed by atoms with van der Waals surface area (Å²) in [5.74, 6) is 2.28. The standard InChI is InChI=1S/C20H21N3O3S/c1-13(24)14-7-8-18(26-2)15(9-14)11-27-12-20(25)21-10-19-22-16-5-3-4-6-17(16)23-19/h3-9H,10-12H2,1-2H3,(H,21,25)(H,22,23). The molecule has 7 heteroatoms. The Labute approximate surface area is 161 Å². The zero-order chi connectivity index (χ0) is 19.2. The Hall–Kier alpha value is -2.80. The Morgan fingerprint density at radius 1 is 1.22 bits per heavy atom. The van der Waals surface area contributed by atoms with Crippen molar-refractivity contribution in [3.05, 3.63) is 59.4 Å². The SMILES string of the molecule is COc1ccc(C(C)=O)cc1CSCC(=O)NCc1nc2ccccc2[nH]1. The van der Waals surface area contributed by atoms with Crippen LogP contribution in [0, 0.1) is 0 Å². The summed E-state index contributed by atoms with van der Waals surface area (Å²) in [7, 11) is 1.59. The number of aromatic nitrogens is 2. The average Bonchev–Trinajstić information content (AvgIpc) is 3.09. The molecule has 0 saturated carbocycles. The molecular formula is C20H21N3O3S. The highest BCUT2D eigenvalue weighted by molar-refractivity contribution is 7.99. The van der Waals surface area contributed by atoms with E-state index in [-0.39, 0.29) is 11.7 Å². The predicted octanol–water partition coefficient (Wildman–Crippen LogP) is 3.32. The van der Waals surface area contributed by atoms with Crippen LogP contribution >= 0.6 is 11.8 Å². The number of Topliss-reactive ketones (excluding diaryl/α,β-unsaturated/α-hetero) is 1. The molecule has 0 aliphatic carbocycles. The summed E-state index contributed by atoms with van der Waals surface area (Å²) in [4.78, 5) is 31.3. The number of benzene rings is 2. The van der Waals surface area contributed by atoms with E-state index in [0.29, 0.717) is 23.6 Å². The third-order valence-corrected chi connectivity index (χ3v) is 5.05. The van der Waals surface area contributed by atoms with Crippen molar-refractivity contribution in [1.82, 2.24) is 15.3 Å². The predicted molar refractivity (Wildman–Crippen MR) is 107 cm³/mol. The molecular weight excluding hydrogens is 362 g/mol. The molecule has 0 spiro atoms. The van der Waals surface area contributed by atoms with Gasteiger partial charge < -0.3 is 15.0 Å². The first-order valence-electron chi connectivity index (χ1n) is 8.52. The lowest BCUT2D eigenvalue weighted by molar-refractivity contribution is -0.118. The quantitative estimate of drug-likeness (QED) is 0.583. The number of para-hydroxylation sites is 2. The molecule has 3 aromatic rings. The van der Waals surface area contributed by atoms with Gasteiger partial charge in [0.25, 0.3) is 0 Å². The lowest BCUT2D eigenvalue weighted by atomic mass is 10.1. The van der Waals surface area contributed by atoms with Crippen molar-refractivity contribution < 1.29 is 14.3 Å². The van der Waals surface area contributed by atoms with E-state index in [1.165, 1.54) is 18.7 Å². The van der Waals surface area contributed by atoms with Crippen molar-refractivity contribution in [1.29, 1.82) is 0 Å². The lowest BCUT2D eigenvalue weighted by Gasteiger charge is -2.10. The fourth-order valence-corrected chi connectivity index (χ4v) is 3.52. The number of imidazole rings is 1. The molecule has 1 heterocycles. The van der Waals surface area contributed by atoms with Crippen LogP contribution in [0.25, 0.3) is 11.0 Å². The number of ether oxygens (including phenoxy) is 1. The van der Waals surface area contributed by atoms with Crippen LogP contribution in [-0.2, 0) is 17.1 Å². The highest BCUT2D eigenvalue weighted by Gasteiger charge is 2.10. The van der Waals surface area contributed by atoms with Crippen molar-refractivity contribution in [2.75, 3.05) is 12.9 Å². The van der Waals surface area contributed by atoms with Crippen molar-refractivity contribution in [3.63, 3.8) is 0 Å². The first-order chi connectivity index (χ1) is 13.1. The van der Waals surface area contributed by atoms with E-state index in [9.17, 15) is 9.59 Å². The zero-order valence-corrected chi connectivity index (χ0v) is 16.1. The van der Waals surface area contributed by atoms with Gasteiger partial charge in [-0.1, -0.05) is 12.1 Å². The summed E-state index contributed by atoms with van der Waals surface area (Å²) in [5, 5.41) is 2.87. The number of amides is 1. The third-order valence-electron chi connectivity index (χ3n) is 4.07. The lowest BCUT2D eigenvalue weighted by Crippen LogP contribution is -2.25. The molecule has 2 aromatic carbocycles. The topological polar surface area (TPSA) is 84.1 Å². The molecule has 2 N–H and O–H groups in total. The van der Waals surface area contributed by atoms with Crippen LogP contribution < -0.4 is 10.1 Å². The van der Waals surface area contributed by atoms with Gasteiger partial charge in [-0.3, -0.25) is 9.59 Å². The molecule has 0 saturated heterocycles. The smallest absolute Gasteiger partial charge is 0.230 e. The van der Waals surface area contributed by atoms with Crippen LogP contribution in [0.4, 0.5) is 0 Å². The Bertz CT molecular complexity index is 935. The van der Waals surface area contributed by atoms with Gasteiger partial charge in [-0.25, -0.2) is 4.98 Å². The maximum Gasteiger partial charge on any atom is 0.230 e. The van der Waals surface area contributed by atoms with Crippen molar-refractivity contribution in [2.45, 2.75) is 19.2 Å². The first-order valence-corrected chi connectivity index (χ1v) is 9.68. The Balaban J connectivity index is 1.50. The number of aromatic amines is 1. The van der Waals surface area contributed by atoms with Gasteiger partial charge in [0.2, 0.25) is 5.91 Å². The normalized spacial score (nSPS) is 10.7. The minimum atomic E-state index is -0.0675. The number of H-pyrrole nitrogens is 1. The number of nitrogens with zero attached hydrogens (tertiary/aromatic N) is 1. The number of fused-ring (bicyclic) bond motifs is 1. The molecule has 0 aliphatic heterocycles. The van der Waals surface area contributed by atoms with Gasteiger partial charge >= 0.3 is 0 Å². The maximum absolute atomic E-state index is 12.1. The van der Waals surface area contributed by atoms with Crippen LogP contribution in [0.5, 0.6) is 5.75 Å². The highest BCUT2D eigenvalue weighted by Crippen LogP contribution is 2.24. The summed E-state index contributed by atoms with van der Waals surface area (Å²) >= 11 is 1.47. The molecule has 1 amide bonds. The number of thioether (sulfide) groups is 1. The van der Waals surface area contributed by atoms with Gasteiger partial charge in [0, 0.05) is 16.9 Å². The van der Waals surface area contributed by atoms with Gasteiger partial charge in [-0.2, -0.15) is 0 Å². The molecule has 27 heavy (non-hydrogen) atoms. The second-order valence-electron chi connectivity index (χ2n) is 6.05. The van der Waals surface area contributed by atoms with Crippen LogP contribution in [0.15, 0.2) is 42.5 Å². The highest BCUT2D eigenvalue weighted by atomic mass is 32.2. The zero-order valence-electron chi connectivity index (χ0n) is 15.2. The van der Waals surface area contributed by atoms with Gasteiger partial charge in [0.05, 0.1) is 30.4 Å². The number of methoxy groups -OCH3 is 1. The minimum absolute atomic E-state index is 0.00693. The average molecular weight is 383 g/mol. The monoisotopic (exact) mass is 383 g/mol. The summed E-state index contributed by atoms with van der Waals surface area (Å²) in [6.07, 6.45) is 0. The van der Waals surface area contributed by atoms with Crippen LogP contribution in [0.3, 0.4) is 0 Å². The number of nitrogens with one attached hydrogen (secondary N) is 2. The van der Waals surface area contributed by atoms with E-state index >= 15 is 0 Å². The molecule has 0 aliphatic rings. The van der Waals surface area contributed by atoms with Gasteiger partial charge in [-0.05, 0) is 37.3 Å². The first kappa shape index (κ1) is 19.0. The van der Waals surface area contributed by atoms with Crippen LogP contribution in [-0.4, -0.2) is 34.5 Å². The van der Waals surface area contributed by atoms with Crippen molar-refractivity contribution >= 4 is 34.5 Å². The largest absolute Gasteiger partial charge is 0.496 e. The second kappa shape index (κ2) is 8.73. The fraction of sp³-hybridized carbons (Fsp3) is 0.250. The molecule has 6 nitrogen and oxygen atoms in total. The third kappa shape index (κ3) is 4.89. The fourth-order valence-electron chi connectivity index (χ4n) is 2.69. The van der Waals surface area contributed by atoms with Gasteiger partial charge in [0.1, 0.15) is 11.6 Å². The van der Waals surface area contributed by atoms with Crippen molar-refractivity contribution in [2.24, 2.45) is 0 Å². The number of carbonyl (C=O) groups is 2.